The Balaban J connectivity index is 1.09. The molecule has 0 spiro atoms. The van der Waals surface area contributed by atoms with Crippen LogP contribution in [0.15, 0.2) is 203 Å². The Bertz CT molecular complexity index is 3370. The van der Waals surface area contributed by atoms with Crippen LogP contribution in [0.4, 0.5) is 28.4 Å². The topological polar surface area (TPSA) is 32.8 Å². The Kier molecular flexibility index (Phi) is 6.53. The number of nitrogens with zero attached hydrogens (tertiary/aromatic N) is 2. The number of rotatable bonds is 4. The molecule has 13 rings (SSSR count). The van der Waals surface area contributed by atoms with Crippen LogP contribution < -0.4 is 9.80 Å². The van der Waals surface area contributed by atoms with E-state index in [2.05, 4.69) is 198 Å². The predicted molar refractivity (Wildman–Crippen MR) is 239 cm³/mol. The molecule has 2 aliphatic heterocycles. The molecule has 0 N–H and O–H groups in total. The number of fused-ring (bicyclic) bond motifs is 15. The summed E-state index contributed by atoms with van der Waals surface area (Å²) in [5.41, 5.74) is 17.4. The number of anilines is 5. The second-order valence-electron chi connectivity index (χ2n) is 15.6. The van der Waals surface area contributed by atoms with Crippen molar-refractivity contribution in [3.63, 3.8) is 0 Å². The van der Waals surface area contributed by atoms with E-state index in [-0.39, 0.29) is 12.0 Å². The van der Waals surface area contributed by atoms with Gasteiger partial charge in [-0.15, -0.1) is 0 Å². The normalized spacial score (nSPS) is 16.1. The fourth-order valence-electron chi connectivity index (χ4n) is 10.00. The van der Waals surface area contributed by atoms with Crippen LogP contribution in [-0.4, -0.2) is 6.04 Å². The zero-order valence-electron chi connectivity index (χ0n) is 31.3. The van der Waals surface area contributed by atoms with Crippen LogP contribution in [0.3, 0.4) is 0 Å². The fourth-order valence-corrected chi connectivity index (χ4v) is 10.00. The minimum atomic E-state index is 0.150. The van der Waals surface area contributed by atoms with Crippen molar-refractivity contribution in [3.05, 3.63) is 200 Å². The molecular formula is C54H34N2O2. The molecule has 4 nitrogen and oxygen atoms in total. The Labute approximate surface area is 334 Å². The van der Waals surface area contributed by atoms with E-state index in [1.54, 1.807) is 0 Å². The zero-order chi connectivity index (χ0) is 37.9. The SMILES string of the molecule is C1=CC2c3cccc4c3N(c3ccc(N(c5ccc(-c6ccccc6)cc5)c5cccc6c5oc5ccccc56)cc3-c3ccc5c(oc6ccccc65)c3-4)C2C=C1. The van der Waals surface area contributed by atoms with E-state index in [9.17, 15) is 0 Å². The molecule has 8 aromatic carbocycles. The standard InChI is InChI=1S/C54H34N2O2/c1-2-12-33(13-3-1)34-24-26-35(27-25-34)55(48-21-11-18-42-38-15-5-8-22-49(38)57-53(42)48)36-28-31-47-45(32-36)40-29-30-43-39-16-6-9-23-50(39)58-54(43)51(40)44-19-10-17-41-37-14-4-7-20-46(37)56(47)52(41)44/h1-32,37,46H. The van der Waals surface area contributed by atoms with E-state index < -0.39 is 0 Å². The summed E-state index contributed by atoms with van der Waals surface area (Å²) in [4.78, 5) is 4.94. The van der Waals surface area contributed by atoms with Gasteiger partial charge >= 0.3 is 0 Å². The maximum absolute atomic E-state index is 6.86. The van der Waals surface area contributed by atoms with Gasteiger partial charge in [0.05, 0.1) is 17.4 Å². The van der Waals surface area contributed by atoms with E-state index in [4.69, 9.17) is 8.83 Å². The third-order valence-electron chi connectivity index (χ3n) is 12.5. The minimum absolute atomic E-state index is 0.150. The van der Waals surface area contributed by atoms with Gasteiger partial charge in [-0.25, -0.2) is 0 Å². The van der Waals surface area contributed by atoms with E-state index in [1.165, 1.54) is 33.6 Å². The van der Waals surface area contributed by atoms with Crippen LogP contribution in [0.1, 0.15) is 11.5 Å². The van der Waals surface area contributed by atoms with Crippen LogP contribution in [0, 0.1) is 0 Å². The van der Waals surface area contributed by atoms with Crippen LogP contribution in [0.25, 0.3) is 77.3 Å². The highest BCUT2D eigenvalue weighted by molar-refractivity contribution is 6.17. The predicted octanol–water partition coefficient (Wildman–Crippen LogP) is 15.0. The molecule has 10 aromatic rings. The first-order valence-electron chi connectivity index (χ1n) is 20.0. The van der Waals surface area contributed by atoms with Crippen LogP contribution in [0.2, 0.25) is 0 Å². The van der Waals surface area contributed by atoms with Crippen molar-refractivity contribution in [1.29, 1.82) is 0 Å². The highest BCUT2D eigenvalue weighted by atomic mass is 16.3. The summed E-state index contributed by atoms with van der Waals surface area (Å²) >= 11 is 0. The fraction of sp³-hybridized carbons (Fsp3) is 0.0370. The summed E-state index contributed by atoms with van der Waals surface area (Å²) in [6.45, 7) is 0. The quantitative estimate of drug-likeness (QED) is 0.180. The molecule has 0 saturated heterocycles. The number of furan rings is 2. The van der Waals surface area contributed by atoms with Crippen molar-refractivity contribution in [2.45, 2.75) is 12.0 Å². The third-order valence-corrected chi connectivity index (χ3v) is 12.5. The first-order valence-corrected chi connectivity index (χ1v) is 20.0. The van der Waals surface area contributed by atoms with Gasteiger partial charge in [-0.05, 0) is 76.9 Å². The number of benzene rings is 8. The lowest BCUT2D eigenvalue weighted by atomic mass is 9.87. The molecule has 272 valence electrons. The monoisotopic (exact) mass is 742 g/mol. The van der Waals surface area contributed by atoms with Crippen LogP contribution in [-0.2, 0) is 0 Å². The van der Waals surface area contributed by atoms with Gasteiger partial charge in [-0.3, -0.25) is 0 Å². The molecule has 0 saturated carbocycles. The zero-order valence-corrected chi connectivity index (χ0v) is 31.3. The van der Waals surface area contributed by atoms with Crippen molar-refractivity contribution in [1.82, 2.24) is 0 Å². The van der Waals surface area contributed by atoms with Gasteiger partial charge in [0.15, 0.2) is 5.58 Å². The Morgan fingerprint density at radius 2 is 1.14 bits per heavy atom. The van der Waals surface area contributed by atoms with Gasteiger partial charge in [0.25, 0.3) is 0 Å². The average Bonchev–Trinajstić information content (AvgIpc) is 3.94. The Morgan fingerprint density at radius 3 is 1.97 bits per heavy atom. The number of hydrogen-bond donors (Lipinski definition) is 0. The number of allylic oxidation sites excluding steroid dienone is 2. The van der Waals surface area contributed by atoms with Gasteiger partial charge in [0, 0.05) is 61.2 Å². The summed E-state index contributed by atoms with van der Waals surface area (Å²) in [6, 6.07) is 61.2. The van der Waals surface area contributed by atoms with Gasteiger partial charge in [-0.1, -0.05) is 140 Å². The average molecular weight is 743 g/mol. The van der Waals surface area contributed by atoms with Gasteiger partial charge in [0.2, 0.25) is 0 Å². The first kappa shape index (κ1) is 31.6. The van der Waals surface area contributed by atoms with Crippen LogP contribution >= 0.6 is 0 Å². The Hall–Kier alpha value is -7.56. The second kappa shape index (κ2) is 12.0. The van der Waals surface area contributed by atoms with E-state index in [0.717, 1.165) is 77.6 Å². The smallest absolute Gasteiger partial charge is 0.159 e. The van der Waals surface area contributed by atoms with Crippen molar-refractivity contribution in [2.24, 2.45) is 0 Å². The van der Waals surface area contributed by atoms with Gasteiger partial charge < -0.3 is 18.6 Å². The molecule has 0 fully saturated rings. The van der Waals surface area contributed by atoms with Gasteiger partial charge in [-0.2, -0.15) is 0 Å². The summed E-state index contributed by atoms with van der Waals surface area (Å²) in [6.07, 6.45) is 9.12. The second-order valence-corrected chi connectivity index (χ2v) is 15.6. The molecule has 2 aromatic heterocycles. The first-order chi connectivity index (χ1) is 28.8. The van der Waals surface area contributed by atoms with E-state index in [0.29, 0.717) is 0 Å². The summed E-state index contributed by atoms with van der Waals surface area (Å²) in [7, 11) is 0. The lowest BCUT2D eigenvalue weighted by Crippen LogP contribution is -2.28. The molecule has 0 amide bonds. The molecule has 4 heterocycles. The minimum Gasteiger partial charge on any atom is -0.455 e. The lowest BCUT2D eigenvalue weighted by Gasteiger charge is -2.31. The largest absolute Gasteiger partial charge is 0.455 e. The highest BCUT2D eigenvalue weighted by Crippen LogP contribution is 2.59. The molecule has 0 radical (unpaired) electrons. The number of hydrogen-bond acceptors (Lipinski definition) is 4. The maximum atomic E-state index is 6.86. The van der Waals surface area contributed by atoms with Crippen molar-refractivity contribution in [3.8, 4) is 33.4 Å². The summed E-state index contributed by atoms with van der Waals surface area (Å²) in [5.74, 6) is 0.245. The highest BCUT2D eigenvalue weighted by Gasteiger charge is 2.42. The Morgan fingerprint density at radius 1 is 0.466 bits per heavy atom. The molecule has 58 heavy (non-hydrogen) atoms. The molecule has 1 aliphatic carbocycles. The summed E-state index contributed by atoms with van der Waals surface area (Å²) < 4.78 is 13.6. The van der Waals surface area contributed by atoms with E-state index in [1.807, 2.05) is 6.07 Å². The summed E-state index contributed by atoms with van der Waals surface area (Å²) in [5, 5.41) is 4.46. The maximum Gasteiger partial charge on any atom is 0.159 e. The van der Waals surface area contributed by atoms with Crippen LogP contribution in [0.5, 0.6) is 0 Å². The third kappa shape index (κ3) is 4.40. The number of para-hydroxylation sites is 4. The molecule has 0 bridgehead atoms. The van der Waals surface area contributed by atoms with Gasteiger partial charge in [0.1, 0.15) is 16.7 Å². The lowest BCUT2D eigenvalue weighted by molar-refractivity contribution is 0.669. The molecule has 3 aliphatic rings. The molecular weight excluding hydrogens is 709 g/mol. The molecule has 2 unspecified atom stereocenters. The van der Waals surface area contributed by atoms with Crippen molar-refractivity contribution < 1.29 is 8.83 Å². The van der Waals surface area contributed by atoms with E-state index >= 15 is 0 Å². The molecule has 4 heteroatoms. The molecule has 2 atom stereocenters. The van der Waals surface area contributed by atoms with Crippen molar-refractivity contribution >= 4 is 72.3 Å². The van der Waals surface area contributed by atoms with Crippen molar-refractivity contribution in [2.75, 3.05) is 9.80 Å².